The maximum absolute atomic E-state index is 13.6. The van der Waals surface area contributed by atoms with Gasteiger partial charge in [0.05, 0.1) is 24.3 Å². The lowest BCUT2D eigenvalue weighted by Gasteiger charge is -2.37. The van der Waals surface area contributed by atoms with Crippen molar-refractivity contribution in [1.82, 2.24) is 19.8 Å². The first kappa shape index (κ1) is 25.0. The average molecular weight is 492 g/mol. The van der Waals surface area contributed by atoms with Gasteiger partial charge in [0.15, 0.2) is 0 Å². The predicted molar refractivity (Wildman–Crippen MR) is 140 cm³/mol. The normalized spacial score (nSPS) is 24.5. The number of amides is 2. The highest BCUT2D eigenvalue weighted by molar-refractivity contribution is 5.88. The number of hydrogen-bond acceptors (Lipinski definition) is 4. The molecule has 1 aliphatic heterocycles. The lowest BCUT2D eigenvalue weighted by molar-refractivity contribution is -0.142. The molecule has 2 heterocycles. The van der Waals surface area contributed by atoms with E-state index in [4.69, 9.17) is 10.7 Å². The van der Waals surface area contributed by atoms with Crippen LogP contribution in [0.2, 0.25) is 0 Å². The van der Waals surface area contributed by atoms with Gasteiger partial charge in [0.25, 0.3) is 0 Å². The van der Waals surface area contributed by atoms with Crippen LogP contribution in [0.25, 0.3) is 0 Å². The van der Waals surface area contributed by atoms with Crippen molar-refractivity contribution in [1.29, 1.82) is 0 Å². The fraction of sp³-hybridized carbons (Fsp3) is 0.621. The van der Waals surface area contributed by atoms with Gasteiger partial charge in [-0.3, -0.25) is 9.59 Å². The average Bonchev–Trinajstić information content (AvgIpc) is 3.54. The molecule has 1 aromatic carbocycles. The molecule has 3 aliphatic rings. The Morgan fingerprint density at radius 2 is 1.83 bits per heavy atom. The number of nitrogens with zero attached hydrogens (tertiary/aromatic N) is 3. The minimum atomic E-state index is -0.494. The van der Waals surface area contributed by atoms with Crippen molar-refractivity contribution in [2.45, 2.75) is 109 Å². The van der Waals surface area contributed by atoms with Gasteiger partial charge >= 0.3 is 0 Å². The summed E-state index contributed by atoms with van der Waals surface area (Å²) in [5, 5.41) is 3.25. The van der Waals surface area contributed by atoms with Crippen LogP contribution in [0.5, 0.6) is 0 Å². The van der Waals surface area contributed by atoms with Gasteiger partial charge in [-0.25, -0.2) is 4.98 Å². The van der Waals surface area contributed by atoms with Crippen molar-refractivity contribution in [3.8, 4) is 0 Å². The third-order valence-electron chi connectivity index (χ3n) is 8.70. The molecule has 7 nitrogen and oxygen atoms in total. The van der Waals surface area contributed by atoms with Crippen molar-refractivity contribution < 1.29 is 9.59 Å². The quantitative estimate of drug-likeness (QED) is 0.615. The second kappa shape index (κ2) is 11.2. The number of rotatable bonds is 7. The number of benzene rings is 1. The van der Waals surface area contributed by atoms with E-state index >= 15 is 0 Å². The van der Waals surface area contributed by atoms with Crippen LogP contribution in [0.4, 0.5) is 0 Å². The lowest BCUT2D eigenvalue weighted by atomic mass is 9.91. The summed E-state index contributed by atoms with van der Waals surface area (Å²) in [5.41, 5.74) is 10.5. The molecular weight excluding hydrogens is 450 g/mol. The molecule has 2 amide bonds. The maximum Gasteiger partial charge on any atom is 0.243 e. The second-order valence-corrected chi connectivity index (χ2v) is 11.2. The highest BCUT2D eigenvalue weighted by Gasteiger charge is 2.38. The van der Waals surface area contributed by atoms with Crippen LogP contribution in [-0.4, -0.2) is 44.4 Å². The van der Waals surface area contributed by atoms with Crippen molar-refractivity contribution >= 4 is 11.8 Å². The van der Waals surface area contributed by atoms with Crippen LogP contribution in [0, 0.1) is 12.8 Å². The Labute approximate surface area is 214 Å². The van der Waals surface area contributed by atoms with Crippen LogP contribution in [0.1, 0.15) is 86.7 Å². The Bertz CT molecular complexity index is 1070. The highest BCUT2D eigenvalue weighted by atomic mass is 16.2. The molecule has 0 radical (unpaired) electrons. The van der Waals surface area contributed by atoms with E-state index in [-0.39, 0.29) is 23.9 Å². The summed E-state index contributed by atoms with van der Waals surface area (Å²) in [7, 11) is 0. The summed E-state index contributed by atoms with van der Waals surface area (Å²) in [5.74, 6) is 0.713. The Balaban J connectivity index is 1.34. The second-order valence-electron chi connectivity index (χ2n) is 11.2. The molecule has 1 unspecified atom stereocenters. The number of carbonyl (C=O) groups is 2. The molecule has 0 spiro atoms. The summed E-state index contributed by atoms with van der Waals surface area (Å²) in [6, 6.07) is 8.26. The number of nitrogens with two attached hydrogens (primary N) is 1. The van der Waals surface area contributed by atoms with E-state index in [0.29, 0.717) is 25.3 Å². The zero-order chi connectivity index (χ0) is 25.1. The van der Waals surface area contributed by atoms with Gasteiger partial charge < -0.3 is 20.5 Å². The zero-order valence-corrected chi connectivity index (χ0v) is 21.6. The van der Waals surface area contributed by atoms with E-state index in [9.17, 15) is 9.59 Å². The zero-order valence-electron chi connectivity index (χ0n) is 21.6. The monoisotopic (exact) mass is 491 g/mol. The summed E-state index contributed by atoms with van der Waals surface area (Å²) in [6.07, 6.45) is 12.5. The third-order valence-corrected chi connectivity index (χ3v) is 8.70. The van der Waals surface area contributed by atoms with Gasteiger partial charge in [-0.05, 0) is 56.1 Å². The Morgan fingerprint density at radius 1 is 1.08 bits per heavy atom. The SMILES string of the molecule is Cc1ccccc1Cn1cnc2c1CN(C(=O)CCC1CCCC1)C(C(=O)NC1CCC(N)CC1)C2. The number of carbonyl (C=O) groups excluding carboxylic acids is 2. The van der Waals surface area contributed by atoms with E-state index in [2.05, 4.69) is 41.1 Å². The number of fused-ring (bicyclic) bond motifs is 1. The highest BCUT2D eigenvalue weighted by Crippen LogP contribution is 2.30. The first-order valence-corrected chi connectivity index (χ1v) is 13.9. The summed E-state index contributed by atoms with van der Waals surface area (Å²) >= 11 is 0. The molecule has 5 rings (SSSR count). The van der Waals surface area contributed by atoms with Gasteiger partial charge in [-0.15, -0.1) is 0 Å². The molecular formula is C29H41N5O2. The number of imidazole rings is 1. The van der Waals surface area contributed by atoms with Crippen LogP contribution in [0.15, 0.2) is 30.6 Å². The molecule has 2 fully saturated rings. The van der Waals surface area contributed by atoms with E-state index in [1.807, 2.05) is 11.2 Å². The standard InChI is InChI=1S/C29H41N5O2/c1-20-6-2-5-9-22(20)17-33-19-31-25-16-26(29(36)32-24-13-11-23(30)12-14-24)34(18-27(25)33)28(35)15-10-21-7-3-4-8-21/h2,5-6,9,19,21,23-24,26H,3-4,7-8,10-18,30H2,1H3,(H,32,36). The Hall–Kier alpha value is -2.67. The Kier molecular flexibility index (Phi) is 7.75. The van der Waals surface area contributed by atoms with E-state index in [1.54, 1.807) is 0 Å². The molecule has 0 saturated heterocycles. The topological polar surface area (TPSA) is 93.2 Å². The van der Waals surface area contributed by atoms with Gasteiger partial charge in [0.1, 0.15) is 6.04 Å². The van der Waals surface area contributed by atoms with Crippen LogP contribution >= 0.6 is 0 Å². The van der Waals surface area contributed by atoms with Crippen molar-refractivity contribution in [2.75, 3.05) is 0 Å². The number of nitrogens with one attached hydrogen (secondary N) is 1. The molecule has 3 N–H and O–H groups in total. The first-order chi connectivity index (χ1) is 17.5. The minimum absolute atomic E-state index is 0.0382. The fourth-order valence-corrected chi connectivity index (χ4v) is 6.30. The minimum Gasteiger partial charge on any atom is -0.352 e. The van der Waals surface area contributed by atoms with Gasteiger partial charge in [0, 0.05) is 31.5 Å². The van der Waals surface area contributed by atoms with Gasteiger partial charge in [0.2, 0.25) is 11.8 Å². The van der Waals surface area contributed by atoms with Gasteiger partial charge in [-0.2, -0.15) is 0 Å². The molecule has 2 aromatic rings. The summed E-state index contributed by atoms with van der Waals surface area (Å²) in [6.45, 7) is 3.28. The molecule has 0 bridgehead atoms. The number of aromatic nitrogens is 2. The fourth-order valence-electron chi connectivity index (χ4n) is 6.30. The molecule has 1 atom stereocenters. The van der Waals surface area contributed by atoms with E-state index < -0.39 is 6.04 Å². The van der Waals surface area contributed by atoms with Crippen LogP contribution in [0.3, 0.4) is 0 Å². The first-order valence-electron chi connectivity index (χ1n) is 13.9. The third kappa shape index (κ3) is 5.66. The molecule has 2 saturated carbocycles. The van der Waals surface area contributed by atoms with Crippen molar-refractivity contribution in [2.24, 2.45) is 11.7 Å². The van der Waals surface area contributed by atoms with E-state index in [1.165, 1.54) is 36.8 Å². The molecule has 2 aliphatic carbocycles. The van der Waals surface area contributed by atoms with Crippen molar-refractivity contribution in [3.05, 3.63) is 53.1 Å². The number of hydrogen-bond donors (Lipinski definition) is 2. The molecule has 7 heteroatoms. The molecule has 1 aromatic heterocycles. The molecule has 194 valence electrons. The summed E-state index contributed by atoms with van der Waals surface area (Å²) in [4.78, 5) is 33.6. The number of aryl methyl sites for hydroxylation is 1. The van der Waals surface area contributed by atoms with Crippen LogP contribution < -0.4 is 11.1 Å². The van der Waals surface area contributed by atoms with E-state index in [0.717, 1.165) is 50.0 Å². The predicted octanol–water partition coefficient (Wildman–Crippen LogP) is 3.85. The smallest absolute Gasteiger partial charge is 0.243 e. The largest absolute Gasteiger partial charge is 0.352 e. The van der Waals surface area contributed by atoms with Crippen LogP contribution in [-0.2, 0) is 29.1 Å². The molecule has 36 heavy (non-hydrogen) atoms. The Morgan fingerprint density at radius 3 is 2.58 bits per heavy atom. The van der Waals surface area contributed by atoms with Gasteiger partial charge in [-0.1, -0.05) is 49.9 Å². The summed E-state index contributed by atoms with van der Waals surface area (Å²) < 4.78 is 2.16. The van der Waals surface area contributed by atoms with Crippen molar-refractivity contribution in [3.63, 3.8) is 0 Å². The lowest BCUT2D eigenvalue weighted by Crippen LogP contribution is -2.55. The maximum atomic E-state index is 13.6.